The first-order chi connectivity index (χ1) is 21.5. The van der Waals surface area contributed by atoms with Gasteiger partial charge in [-0.05, 0) is 122 Å². The number of allylic oxidation sites excluding steroid dienone is 1. The molecule has 5 rings (SSSR count). The molecule has 0 amide bonds. The van der Waals surface area contributed by atoms with E-state index in [0.717, 1.165) is 79.4 Å². The van der Waals surface area contributed by atoms with Crippen molar-refractivity contribution in [3.63, 3.8) is 0 Å². The molecule has 0 spiro atoms. The summed E-state index contributed by atoms with van der Waals surface area (Å²) in [6.45, 7) is 6.04. The van der Waals surface area contributed by atoms with E-state index in [4.69, 9.17) is 0 Å². The van der Waals surface area contributed by atoms with Crippen molar-refractivity contribution in [2.45, 2.75) is 116 Å². The molecule has 2 aliphatic carbocycles. The van der Waals surface area contributed by atoms with E-state index in [-0.39, 0.29) is 11.4 Å². The zero-order valence-electron chi connectivity index (χ0n) is 26.7. The Morgan fingerprint density at radius 2 is 1.32 bits per heavy atom. The maximum Gasteiger partial charge on any atom is 0.166 e. The van der Waals surface area contributed by atoms with Gasteiger partial charge >= 0.3 is 0 Å². The lowest BCUT2D eigenvalue weighted by molar-refractivity contribution is 0.156. The van der Waals surface area contributed by atoms with Gasteiger partial charge in [-0.2, -0.15) is 0 Å². The zero-order chi connectivity index (χ0) is 30.9. The summed E-state index contributed by atoms with van der Waals surface area (Å²) in [4.78, 5) is 0. The van der Waals surface area contributed by atoms with Crippen LogP contribution in [0, 0.1) is 35.2 Å². The third-order valence-electron chi connectivity index (χ3n) is 10.8. The molecule has 3 heteroatoms. The van der Waals surface area contributed by atoms with Gasteiger partial charge < -0.3 is 0 Å². The number of hydrogen-bond donors (Lipinski definition) is 0. The second-order valence-corrected chi connectivity index (χ2v) is 13.6. The second-order valence-electron chi connectivity index (χ2n) is 13.6. The maximum absolute atomic E-state index is 15.4. The van der Waals surface area contributed by atoms with Gasteiger partial charge in [-0.15, -0.1) is 6.58 Å². The number of unbranched alkanes of at least 4 members (excludes halogenated alkanes) is 4. The van der Waals surface area contributed by atoms with Crippen LogP contribution in [-0.4, -0.2) is 0 Å². The highest BCUT2D eigenvalue weighted by Crippen LogP contribution is 2.45. The van der Waals surface area contributed by atoms with E-state index >= 15 is 8.78 Å². The van der Waals surface area contributed by atoms with Gasteiger partial charge in [0.15, 0.2) is 11.6 Å². The molecule has 0 bridgehead atoms. The van der Waals surface area contributed by atoms with E-state index in [1.165, 1.54) is 51.4 Å². The van der Waals surface area contributed by atoms with Crippen molar-refractivity contribution in [2.24, 2.45) is 17.8 Å². The third-order valence-corrected chi connectivity index (χ3v) is 10.8. The normalized spacial score (nSPS) is 22.2. The fourth-order valence-electron chi connectivity index (χ4n) is 8.01. The monoisotopic (exact) mass is 600 g/mol. The third kappa shape index (κ3) is 8.06. The Kier molecular flexibility index (Phi) is 11.8. The molecule has 0 radical (unpaired) electrons. The molecule has 3 aromatic rings. The average molecular weight is 601 g/mol. The lowest BCUT2D eigenvalue weighted by Gasteiger charge is -2.38. The zero-order valence-corrected chi connectivity index (χ0v) is 26.7. The van der Waals surface area contributed by atoms with Crippen molar-refractivity contribution < 1.29 is 13.2 Å². The standard InChI is InChI=1S/C41H51F3/c1-3-5-7-8-9-11-35-24-27-38(41(44)40(35)43)34-22-18-32(19-23-34)36-25-26-37(39(42)28-36)33-20-16-31(17-21-33)30-14-12-29(13-15-30)10-6-4-2/h4,18-19,22-31,33H,2-3,5-17,20-21H2,1H3. The molecule has 2 fully saturated rings. The van der Waals surface area contributed by atoms with Gasteiger partial charge in [-0.3, -0.25) is 0 Å². The summed E-state index contributed by atoms with van der Waals surface area (Å²) in [6, 6.07) is 16.4. The summed E-state index contributed by atoms with van der Waals surface area (Å²) < 4.78 is 45.3. The molecule has 2 aliphatic rings. The Hall–Kier alpha value is -2.81. The lowest BCUT2D eigenvalue weighted by Crippen LogP contribution is -2.25. The van der Waals surface area contributed by atoms with Gasteiger partial charge in [0.05, 0.1) is 0 Å². The molecule has 0 N–H and O–H groups in total. The first kappa shape index (κ1) is 32.6. The van der Waals surface area contributed by atoms with Crippen LogP contribution in [0.5, 0.6) is 0 Å². The van der Waals surface area contributed by atoms with Crippen LogP contribution in [0.3, 0.4) is 0 Å². The van der Waals surface area contributed by atoms with Crippen molar-refractivity contribution in [3.05, 3.63) is 95.8 Å². The molecular formula is C41H51F3. The maximum atomic E-state index is 15.4. The fraction of sp³-hybridized carbons (Fsp3) is 0.512. The number of rotatable bonds is 13. The SMILES string of the molecule is C=CCCC1CCC(C2CCC(c3ccc(-c4ccc(-c5ccc(CCCCCCC)c(F)c5F)cc4)cc3F)CC2)CC1. The van der Waals surface area contributed by atoms with Crippen LogP contribution in [0.15, 0.2) is 67.3 Å². The van der Waals surface area contributed by atoms with Crippen molar-refractivity contribution in [2.75, 3.05) is 0 Å². The summed E-state index contributed by atoms with van der Waals surface area (Å²) in [7, 11) is 0. The van der Waals surface area contributed by atoms with E-state index in [2.05, 4.69) is 19.6 Å². The minimum absolute atomic E-state index is 0.129. The molecule has 0 aromatic heterocycles. The lowest BCUT2D eigenvalue weighted by atomic mass is 9.68. The van der Waals surface area contributed by atoms with Crippen LogP contribution in [-0.2, 0) is 6.42 Å². The first-order valence-electron chi connectivity index (χ1n) is 17.5. The Morgan fingerprint density at radius 1 is 0.682 bits per heavy atom. The molecule has 0 nitrogen and oxygen atoms in total. The highest BCUT2D eigenvalue weighted by atomic mass is 19.2. The molecule has 0 saturated heterocycles. The van der Waals surface area contributed by atoms with E-state index in [1.54, 1.807) is 30.3 Å². The highest BCUT2D eigenvalue weighted by molar-refractivity contribution is 5.71. The smallest absolute Gasteiger partial charge is 0.166 e. The van der Waals surface area contributed by atoms with Gasteiger partial charge in [-0.25, -0.2) is 13.2 Å². The Bertz CT molecular complexity index is 1340. The molecule has 0 heterocycles. The summed E-state index contributed by atoms with van der Waals surface area (Å²) in [6.07, 6.45) is 20.5. The Labute approximate surface area is 264 Å². The summed E-state index contributed by atoms with van der Waals surface area (Å²) in [5.41, 5.74) is 3.87. The fourth-order valence-corrected chi connectivity index (χ4v) is 8.01. The van der Waals surface area contributed by atoms with Crippen LogP contribution in [0.25, 0.3) is 22.3 Å². The topological polar surface area (TPSA) is 0 Å². The van der Waals surface area contributed by atoms with Crippen molar-refractivity contribution in [3.8, 4) is 22.3 Å². The highest BCUT2D eigenvalue weighted by Gasteiger charge is 2.32. The Balaban J connectivity index is 1.16. The van der Waals surface area contributed by atoms with Crippen molar-refractivity contribution in [1.82, 2.24) is 0 Å². The van der Waals surface area contributed by atoms with Gasteiger partial charge in [0.2, 0.25) is 0 Å². The molecular weight excluding hydrogens is 549 g/mol. The van der Waals surface area contributed by atoms with E-state index in [1.807, 2.05) is 24.3 Å². The van der Waals surface area contributed by atoms with Crippen LogP contribution >= 0.6 is 0 Å². The quantitative estimate of drug-likeness (QED) is 0.135. The molecule has 236 valence electrons. The van der Waals surface area contributed by atoms with E-state index < -0.39 is 11.6 Å². The number of benzene rings is 3. The van der Waals surface area contributed by atoms with E-state index in [0.29, 0.717) is 23.5 Å². The molecule has 2 saturated carbocycles. The summed E-state index contributed by atoms with van der Waals surface area (Å²) >= 11 is 0. The molecule has 44 heavy (non-hydrogen) atoms. The van der Waals surface area contributed by atoms with Crippen LogP contribution in [0.2, 0.25) is 0 Å². The molecule has 0 unspecified atom stereocenters. The van der Waals surface area contributed by atoms with Crippen molar-refractivity contribution >= 4 is 0 Å². The van der Waals surface area contributed by atoms with Gasteiger partial charge in [0.1, 0.15) is 5.82 Å². The first-order valence-corrected chi connectivity index (χ1v) is 17.5. The molecule has 0 aliphatic heterocycles. The van der Waals surface area contributed by atoms with Gasteiger partial charge in [-0.1, -0.05) is 100 Å². The largest absolute Gasteiger partial charge is 0.207 e. The van der Waals surface area contributed by atoms with Gasteiger partial charge in [0.25, 0.3) is 0 Å². The predicted octanol–water partition coefficient (Wildman–Crippen LogP) is 13.0. The number of halogens is 3. The molecule has 3 aromatic carbocycles. The Morgan fingerprint density at radius 3 is 1.98 bits per heavy atom. The second kappa shape index (κ2) is 16.0. The van der Waals surface area contributed by atoms with E-state index in [9.17, 15) is 4.39 Å². The summed E-state index contributed by atoms with van der Waals surface area (Å²) in [5, 5.41) is 0. The van der Waals surface area contributed by atoms with Crippen molar-refractivity contribution in [1.29, 1.82) is 0 Å². The average Bonchev–Trinajstić information content (AvgIpc) is 3.06. The predicted molar refractivity (Wildman–Crippen MR) is 179 cm³/mol. The van der Waals surface area contributed by atoms with Crippen LogP contribution < -0.4 is 0 Å². The number of hydrogen-bond acceptors (Lipinski definition) is 0. The minimum atomic E-state index is -0.787. The van der Waals surface area contributed by atoms with Gasteiger partial charge in [0, 0.05) is 5.56 Å². The summed E-state index contributed by atoms with van der Waals surface area (Å²) in [5.74, 6) is 1.19. The van der Waals surface area contributed by atoms with Crippen LogP contribution in [0.1, 0.15) is 120 Å². The number of aryl methyl sites for hydroxylation is 1. The minimum Gasteiger partial charge on any atom is -0.207 e. The van der Waals surface area contributed by atoms with Crippen LogP contribution in [0.4, 0.5) is 13.2 Å². The molecule has 0 atom stereocenters.